The van der Waals surface area contributed by atoms with Gasteiger partial charge in [0.1, 0.15) is 4.34 Å². The summed E-state index contributed by atoms with van der Waals surface area (Å²) in [6.07, 6.45) is 1.06. The molecule has 0 saturated carbocycles. The first-order valence-electron chi connectivity index (χ1n) is 3.44. The SMILES string of the molecule is Cc1csc(SCCCCl)n1. The smallest absolute Gasteiger partial charge is 0.150 e. The van der Waals surface area contributed by atoms with Gasteiger partial charge in [0.05, 0.1) is 0 Å². The molecule has 0 aliphatic heterocycles. The highest BCUT2D eigenvalue weighted by Gasteiger charge is 1.97. The number of rotatable bonds is 4. The summed E-state index contributed by atoms with van der Waals surface area (Å²) in [5.74, 6) is 1.83. The van der Waals surface area contributed by atoms with Gasteiger partial charge in [0, 0.05) is 22.7 Å². The fourth-order valence-electron chi connectivity index (χ4n) is 0.613. The van der Waals surface area contributed by atoms with Crippen LogP contribution in [0.3, 0.4) is 0 Å². The van der Waals surface area contributed by atoms with Gasteiger partial charge in [-0.3, -0.25) is 0 Å². The van der Waals surface area contributed by atoms with Gasteiger partial charge in [-0.1, -0.05) is 11.8 Å². The van der Waals surface area contributed by atoms with Crippen LogP contribution in [0, 0.1) is 6.92 Å². The second-order valence-corrected chi connectivity index (χ2v) is 4.72. The molecule has 4 heteroatoms. The minimum absolute atomic E-state index is 0.747. The zero-order valence-corrected chi connectivity index (χ0v) is 8.73. The third-order valence-corrected chi connectivity index (χ3v) is 3.59. The Bertz CT molecular complexity index is 212. The van der Waals surface area contributed by atoms with E-state index in [-0.39, 0.29) is 0 Å². The number of thioether (sulfide) groups is 1. The number of nitrogens with zero attached hydrogens (tertiary/aromatic N) is 1. The Kier molecular flexibility index (Phi) is 4.26. The van der Waals surface area contributed by atoms with Crippen molar-refractivity contribution in [1.82, 2.24) is 4.98 Å². The van der Waals surface area contributed by atoms with Gasteiger partial charge in [-0.25, -0.2) is 4.98 Å². The molecule has 0 unspecified atom stereocenters. The normalized spacial score (nSPS) is 10.4. The van der Waals surface area contributed by atoms with Crippen molar-refractivity contribution in [3.8, 4) is 0 Å². The number of thiazole rings is 1. The summed E-state index contributed by atoms with van der Waals surface area (Å²) in [5, 5.41) is 2.07. The van der Waals surface area contributed by atoms with Crippen molar-refractivity contribution < 1.29 is 0 Å². The van der Waals surface area contributed by atoms with Crippen LogP contribution in [0.25, 0.3) is 0 Å². The zero-order chi connectivity index (χ0) is 8.10. The average Bonchev–Trinajstić information content (AvgIpc) is 2.37. The molecular weight excluding hydrogens is 198 g/mol. The minimum atomic E-state index is 0.747. The molecule has 0 aliphatic rings. The summed E-state index contributed by atoms with van der Waals surface area (Å²) >= 11 is 9.04. The molecule has 0 atom stereocenters. The van der Waals surface area contributed by atoms with E-state index in [1.165, 1.54) is 0 Å². The predicted octanol–water partition coefficient (Wildman–Crippen LogP) is 3.17. The van der Waals surface area contributed by atoms with E-state index >= 15 is 0 Å². The Morgan fingerprint density at radius 1 is 1.73 bits per heavy atom. The van der Waals surface area contributed by atoms with Crippen LogP contribution in [-0.2, 0) is 0 Å². The van der Waals surface area contributed by atoms with Crippen molar-refractivity contribution >= 4 is 34.7 Å². The van der Waals surface area contributed by atoms with Gasteiger partial charge >= 0.3 is 0 Å². The Morgan fingerprint density at radius 2 is 2.55 bits per heavy atom. The number of hydrogen-bond acceptors (Lipinski definition) is 3. The van der Waals surface area contributed by atoms with Crippen molar-refractivity contribution in [1.29, 1.82) is 0 Å². The van der Waals surface area contributed by atoms with E-state index in [0.29, 0.717) is 0 Å². The molecule has 1 aromatic rings. The van der Waals surface area contributed by atoms with Gasteiger partial charge in [-0.15, -0.1) is 22.9 Å². The minimum Gasteiger partial charge on any atom is -0.235 e. The Morgan fingerprint density at radius 3 is 3.09 bits per heavy atom. The highest BCUT2D eigenvalue weighted by molar-refractivity contribution is 8.01. The van der Waals surface area contributed by atoms with E-state index in [1.54, 1.807) is 23.1 Å². The average molecular weight is 208 g/mol. The molecule has 0 radical (unpaired) electrons. The molecule has 11 heavy (non-hydrogen) atoms. The third kappa shape index (κ3) is 3.45. The second kappa shape index (κ2) is 5.01. The van der Waals surface area contributed by atoms with Gasteiger partial charge in [0.15, 0.2) is 0 Å². The molecule has 0 fully saturated rings. The molecule has 1 aromatic heterocycles. The number of aromatic nitrogens is 1. The molecule has 1 heterocycles. The van der Waals surface area contributed by atoms with Crippen LogP contribution in [0.1, 0.15) is 12.1 Å². The first kappa shape index (κ1) is 9.36. The van der Waals surface area contributed by atoms with Crippen LogP contribution in [0.5, 0.6) is 0 Å². The number of aryl methyl sites for hydroxylation is 1. The topological polar surface area (TPSA) is 12.9 Å². The number of alkyl halides is 1. The van der Waals surface area contributed by atoms with E-state index in [2.05, 4.69) is 10.4 Å². The summed E-state index contributed by atoms with van der Waals surface area (Å²) in [5.41, 5.74) is 1.11. The quantitative estimate of drug-likeness (QED) is 0.428. The number of hydrogen-bond donors (Lipinski definition) is 0. The van der Waals surface area contributed by atoms with Crippen LogP contribution in [0.4, 0.5) is 0 Å². The first-order chi connectivity index (χ1) is 5.33. The standard InChI is InChI=1S/C7H10ClNS2/c1-6-5-11-7(9-6)10-4-2-3-8/h5H,2-4H2,1H3. The molecule has 0 N–H and O–H groups in total. The Hall–Kier alpha value is 0.270. The molecule has 0 saturated heterocycles. The maximum Gasteiger partial charge on any atom is 0.150 e. The molecule has 0 bridgehead atoms. The lowest BCUT2D eigenvalue weighted by Gasteiger charge is -1.92. The zero-order valence-electron chi connectivity index (χ0n) is 6.34. The molecule has 62 valence electrons. The monoisotopic (exact) mass is 207 g/mol. The van der Waals surface area contributed by atoms with Gasteiger partial charge in [0.2, 0.25) is 0 Å². The van der Waals surface area contributed by atoms with Crippen molar-refractivity contribution in [2.75, 3.05) is 11.6 Å². The summed E-state index contributed by atoms with van der Waals surface area (Å²) < 4.78 is 1.16. The lowest BCUT2D eigenvalue weighted by Crippen LogP contribution is -1.79. The van der Waals surface area contributed by atoms with Crippen LogP contribution >= 0.6 is 34.7 Å². The third-order valence-electron chi connectivity index (χ3n) is 1.10. The molecular formula is C7H10ClNS2. The summed E-state index contributed by atoms with van der Waals surface area (Å²) in [6.45, 7) is 2.02. The molecule has 0 aliphatic carbocycles. The van der Waals surface area contributed by atoms with Crippen LogP contribution < -0.4 is 0 Å². The molecule has 1 rings (SSSR count). The highest BCUT2D eigenvalue weighted by atomic mass is 35.5. The Balaban J connectivity index is 2.27. The largest absolute Gasteiger partial charge is 0.235 e. The van der Waals surface area contributed by atoms with Gasteiger partial charge in [0.25, 0.3) is 0 Å². The predicted molar refractivity (Wildman–Crippen MR) is 52.9 cm³/mol. The van der Waals surface area contributed by atoms with Crippen LogP contribution in [-0.4, -0.2) is 16.6 Å². The molecule has 1 nitrogen and oxygen atoms in total. The van der Waals surface area contributed by atoms with E-state index in [9.17, 15) is 0 Å². The summed E-state index contributed by atoms with van der Waals surface area (Å²) in [6, 6.07) is 0. The summed E-state index contributed by atoms with van der Waals surface area (Å²) in [7, 11) is 0. The highest BCUT2D eigenvalue weighted by Crippen LogP contribution is 2.22. The fraction of sp³-hybridized carbons (Fsp3) is 0.571. The van der Waals surface area contributed by atoms with E-state index in [4.69, 9.17) is 11.6 Å². The second-order valence-electron chi connectivity index (χ2n) is 2.15. The van der Waals surface area contributed by atoms with Gasteiger partial charge < -0.3 is 0 Å². The molecule has 0 amide bonds. The van der Waals surface area contributed by atoms with Crippen molar-refractivity contribution in [3.63, 3.8) is 0 Å². The van der Waals surface area contributed by atoms with Crippen molar-refractivity contribution in [2.45, 2.75) is 17.7 Å². The van der Waals surface area contributed by atoms with Crippen LogP contribution in [0.15, 0.2) is 9.72 Å². The lowest BCUT2D eigenvalue weighted by atomic mass is 10.6. The van der Waals surface area contributed by atoms with E-state index in [0.717, 1.165) is 28.1 Å². The Labute approximate surface area is 80.2 Å². The van der Waals surface area contributed by atoms with Gasteiger partial charge in [-0.05, 0) is 13.3 Å². The fourth-order valence-corrected chi connectivity index (χ4v) is 2.76. The first-order valence-corrected chi connectivity index (χ1v) is 5.84. The van der Waals surface area contributed by atoms with Gasteiger partial charge in [-0.2, -0.15) is 0 Å². The maximum atomic E-state index is 5.54. The molecule has 0 spiro atoms. The maximum absolute atomic E-state index is 5.54. The summed E-state index contributed by atoms with van der Waals surface area (Å²) in [4.78, 5) is 4.32. The molecule has 0 aromatic carbocycles. The lowest BCUT2D eigenvalue weighted by molar-refractivity contribution is 1.10. The van der Waals surface area contributed by atoms with Crippen molar-refractivity contribution in [3.05, 3.63) is 11.1 Å². The number of halogens is 1. The van der Waals surface area contributed by atoms with Crippen LogP contribution in [0.2, 0.25) is 0 Å². The van der Waals surface area contributed by atoms with E-state index < -0.39 is 0 Å². The van der Waals surface area contributed by atoms with Crippen molar-refractivity contribution in [2.24, 2.45) is 0 Å². The van der Waals surface area contributed by atoms with E-state index in [1.807, 2.05) is 6.92 Å².